The average Bonchev–Trinajstić information content (AvgIpc) is 3.29. The molecular formula is C26H33N3O5S. The van der Waals surface area contributed by atoms with Gasteiger partial charge in [0, 0.05) is 26.4 Å². The van der Waals surface area contributed by atoms with Crippen LogP contribution in [-0.4, -0.2) is 42.4 Å². The van der Waals surface area contributed by atoms with Crippen molar-refractivity contribution in [1.82, 2.24) is 14.5 Å². The molecule has 0 N–H and O–H groups in total. The fourth-order valence-electron chi connectivity index (χ4n) is 3.78. The number of rotatable bonds is 14. The van der Waals surface area contributed by atoms with Crippen molar-refractivity contribution < 1.29 is 22.3 Å². The van der Waals surface area contributed by atoms with Crippen molar-refractivity contribution in [3.8, 4) is 11.5 Å². The molecule has 0 aliphatic carbocycles. The van der Waals surface area contributed by atoms with Crippen molar-refractivity contribution >= 4 is 10.0 Å². The first-order valence-electron chi connectivity index (χ1n) is 11.5. The van der Waals surface area contributed by atoms with E-state index in [9.17, 15) is 8.42 Å². The summed E-state index contributed by atoms with van der Waals surface area (Å²) < 4.78 is 45.5. The Balaban J connectivity index is 1.89. The maximum absolute atomic E-state index is 14.0. The average molecular weight is 500 g/mol. The number of ether oxygens (including phenoxy) is 2. The highest BCUT2D eigenvalue weighted by molar-refractivity contribution is 7.89. The number of sulfonamides is 1. The van der Waals surface area contributed by atoms with Gasteiger partial charge in [0.15, 0.2) is 0 Å². The van der Waals surface area contributed by atoms with Gasteiger partial charge < -0.3 is 13.9 Å². The van der Waals surface area contributed by atoms with Crippen LogP contribution in [0.2, 0.25) is 0 Å². The fraction of sp³-hybridized carbons (Fsp3) is 0.385. The summed E-state index contributed by atoms with van der Waals surface area (Å²) in [5, 5.41) is 7.25. The topological polar surface area (TPSA) is 94.8 Å². The highest BCUT2D eigenvalue weighted by atomic mass is 32.2. The molecular weight excluding hydrogens is 466 g/mol. The van der Waals surface area contributed by atoms with Crippen LogP contribution >= 0.6 is 0 Å². The third-order valence-corrected chi connectivity index (χ3v) is 8.05. The number of benzene rings is 2. The number of hydrogen-bond donors (Lipinski definition) is 0. The van der Waals surface area contributed by atoms with E-state index in [1.807, 2.05) is 48.5 Å². The van der Waals surface area contributed by atoms with E-state index in [-0.39, 0.29) is 13.1 Å². The van der Waals surface area contributed by atoms with Crippen LogP contribution in [0.25, 0.3) is 0 Å². The molecule has 0 radical (unpaired) electrons. The van der Waals surface area contributed by atoms with Gasteiger partial charge in [-0.2, -0.15) is 4.31 Å². The minimum absolute atomic E-state index is 0.239. The molecule has 0 saturated carbocycles. The molecule has 9 heteroatoms. The number of nitrogens with zero attached hydrogens (tertiary/aromatic N) is 3. The molecule has 3 rings (SSSR count). The minimum atomic E-state index is -3.69. The molecule has 188 valence electrons. The Morgan fingerprint density at radius 3 is 1.91 bits per heavy atom. The summed E-state index contributed by atoms with van der Waals surface area (Å²) in [4.78, 5) is 0. The van der Waals surface area contributed by atoms with Crippen LogP contribution in [0.5, 0.6) is 11.5 Å². The maximum atomic E-state index is 14.0. The Labute approximate surface area is 207 Å². The molecule has 0 spiro atoms. The van der Waals surface area contributed by atoms with Gasteiger partial charge in [-0.25, -0.2) is 8.42 Å². The van der Waals surface area contributed by atoms with Crippen molar-refractivity contribution in [3.63, 3.8) is 0 Å². The van der Waals surface area contributed by atoms with Gasteiger partial charge >= 0.3 is 0 Å². The Kier molecular flexibility index (Phi) is 9.45. The third-order valence-electron chi connectivity index (χ3n) is 5.76. The van der Waals surface area contributed by atoms with Gasteiger partial charge in [0.05, 0.1) is 19.5 Å². The highest BCUT2D eigenvalue weighted by Gasteiger charge is 2.32. The minimum Gasteiger partial charge on any atom is -0.497 e. The first-order valence-corrected chi connectivity index (χ1v) is 13.0. The summed E-state index contributed by atoms with van der Waals surface area (Å²) in [5.74, 6) is 2.35. The summed E-state index contributed by atoms with van der Waals surface area (Å²) in [6, 6.07) is 14.9. The normalized spacial score (nSPS) is 12.5. The van der Waals surface area contributed by atoms with Crippen molar-refractivity contribution in [3.05, 3.63) is 84.1 Å². The molecule has 0 aliphatic heterocycles. The lowest BCUT2D eigenvalue weighted by Gasteiger charge is -2.28. The van der Waals surface area contributed by atoms with E-state index >= 15 is 0 Å². The van der Waals surface area contributed by atoms with Gasteiger partial charge in [-0.1, -0.05) is 30.3 Å². The predicted octanol–water partition coefficient (Wildman–Crippen LogP) is 4.69. The van der Waals surface area contributed by atoms with E-state index in [2.05, 4.69) is 16.8 Å². The summed E-state index contributed by atoms with van der Waals surface area (Å²) in [6.45, 7) is 5.97. The summed E-state index contributed by atoms with van der Waals surface area (Å²) in [6.07, 6.45) is 3.56. The molecule has 1 aromatic heterocycles. The monoisotopic (exact) mass is 499 g/mol. The molecule has 8 nitrogen and oxygen atoms in total. The van der Waals surface area contributed by atoms with Crippen LogP contribution in [0.3, 0.4) is 0 Å². The van der Waals surface area contributed by atoms with E-state index in [1.54, 1.807) is 31.5 Å². The first kappa shape index (κ1) is 26.4. The summed E-state index contributed by atoms with van der Waals surface area (Å²) >= 11 is 0. The first-order chi connectivity index (χ1) is 16.8. The Morgan fingerprint density at radius 2 is 1.49 bits per heavy atom. The van der Waals surface area contributed by atoms with Crippen LogP contribution in [0.4, 0.5) is 0 Å². The van der Waals surface area contributed by atoms with Gasteiger partial charge in [0.25, 0.3) is 0 Å². The predicted molar refractivity (Wildman–Crippen MR) is 135 cm³/mol. The van der Waals surface area contributed by atoms with E-state index in [1.165, 1.54) is 0 Å². The molecule has 35 heavy (non-hydrogen) atoms. The zero-order valence-electron chi connectivity index (χ0n) is 20.5. The smallest absolute Gasteiger partial charge is 0.217 e. The zero-order valence-corrected chi connectivity index (χ0v) is 21.3. The second-order valence-electron chi connectivity index (χ2n) is 8.25. The molecule has 1 heterocycles. The van der Waals surface area contributed by atoms with Gasteiger partial charge in [0.1, 0.15) is 11.5 Å². The van der Waals surface area contributed by atoms with Gasteiger partial charge in [0.2, 0.25) is 21.8 Å². The number of hydrogen-bond acceptors (Lipinski definition) is 7. The second-order valence-corrected chi connectivity index (χ2v) is 10.5. The zero-order chi connectivity index (χ0) is 25.3. The van der Waals surface area contributed by atoms with E-state index in [0.29, 0.717) is 37.5 Å². The van der Waals surface area contributed by atoms with Crippen LogP contribution in [0, 0.1) is 6.92 Å². The quantitative estimate of drug-likeness (QED) is 0.297. The Bertz CT molecular complexity index is 1120. The molecule has 0 fully saturated rings. The van der Waals surface area contributed by atoms with Crippen molar-refractivity contribution in [2.24, 2.45) is 0 Å². The van der Waals surface area contributed by atoms with Gasteiger partial charge in [-0.15, -0.1) is 16.8 Å². The molecule has 3 aromatic rings. The molecule has 0 bridgehead atoms. The lowest BCUT2D eigenvalue weighted by atomic mass is 10.1. The second kappa shape index (κ2) is 12.5. The Hall–Kier alpha value is -3.17. The van der Waals surface area contributed by atoms with E-state index < -0.39 is 15.3 Å². The third kappa shape index (κ3) is 7.40. The molecule has 0 unspecified atom stereocenters. The highest BCUT2D eigenvalue weighted by Crippen LogP contribution is 2.25. The summed E-state index contributed by atoms with van der Waals surface area (Å²) in [7, 11) is -0.490. The number of aromatic nitrogens is 2. The molecule has 0 amide bonds. The van der Waals surface area contributed by atoms with E-state index in [4.69, 9.17) is 13.9 Å². The number of allylic oxidation sites excluding steroid dienone is 1. The van der Waals surface area contributed by atoms with Crippen LogP contribution in [0.15, 0.2) is 65.6 Å². The lowest BCUT2D eigenvalue weighted by molar-refractivity contribution is 0.384. The molecule has 0 aliphatic rings. The molecule has 1 atom stereocenters. The van der Waals surface area contributed by atoms with E-state index in [0.717, 1.165) is 22.6 Å². The van der Waals surface area contributed by atoms with Crippen molar-refractivity contribution in [2.45, 2.75) is 50.9 Å². The van der Waals surface area contributed by atoms with Crippen molar-refractivity contribution in [2.75, 3.05) is 14.2 Å². The van der Waals surface area contributed by atoms with Gasteiger partial charge in [-0.05, 0) is 54.7 Å². The maximum Gasteiger partial charge on any atom is 0.217 e. The largest absolute Gasteiger partial charge is 0.497 e. The van der Waals surface area contributed by atoms with Crippen LogP contribution in [0.1, 0.15) is 42.2 Å². The number of methoxy groups -OCH3 is 2. The van der Waals surface area contributed by atoms with Crippen LogP contribution in [-0.2, 0) is 29.5 Å². The standard InChI is InChI=1S/C26H33N3O5S/c1-5-6-7-25(16-17-26-28-27-20(2)34-26)35(30,31)29(18-21-8-12-23(32-3)13-9-21)19-22-10-14-24(33-4)15-11-22/h5,8-15,25H,1,6-7,16-19H2,2-4H3/t25-/m0/s1. The molecule has 2 aromatic carbocycles. The van der Waals surface area contributed by atoms with Crippen molar-refractivity contribution in [1.29, 1.82) is 0 Å². The Morgan fingerprint density at radius 1 is 0.943 bits per heavy atom. The van der Waals surface area contributed by atoms with Gasteiger partial charge in [-0.3, -0.25) is 0 Å². The lowest BCUT2D eigenvalue weighted by Crippen LogP contribution is -2.38. The fourth-order valence-corrected chi connectivity index (χ4v) is 5.71. The number of aryl methyl sites for hydroxylation is 2. The SMILES string of the molecule is C=CCC[C@@H](CCc1nnc(C)o1)S(=O)(=O)N(Cc1ccc(OC)cc1)Cc1ccc(OC)cc1. The molecule has 0 saturated heterocycles. The summed E-state index contributed by atoms with van der Waals surface area (Å²) in [5.41, 5.74) is 1.75. The van der Waals surface area contributed by atoms with Crippen LogP contribution < -0.4 is 9.47 Å².